The smallest absolute Gasteiger partial charge is 0.110 e. The highest BCUT2D eigenvalue weighted by Crippen LogP contribution is 2.34. The third-order valence-corrected chi connectivity index (χ3v) is 4.32. The second kappa shape index (κ2) is 5.33. The van der Waals surface area contributed by atoms with Crippen LogP contribution in [0, 0.1) is 0 Å². The molecule has 3 nitrogen and oxygen atoms in total. The lowest BCUT2D eigenvalue weighted by atomic mass is 10.1. The number of hydrogen-bond donors (Lipinski definition) is 1. The molecule has 0 spiro atoms. The molecule has 1 heterocycles. The van der Waals surface area contributed by atoms with Gasteiger partial charge in [0.25, 0.3) is 0 Å². The first-order valence-corrected chi connectivity index (χ1v) is 7.48. The van der Waals surface area contributed by atoms with Gasteiger partial charge in [0.05, 0.1) is 17.1 Å². The van der Waals surface area contributed by atoms with Crippen LogP contribution in [0.3, 0.4) is 0 Å². The molecule has 0 radical (unpaired) electrons. The van der Waals surface area contributed by atoms with E-state index in [1.807, 2.05) is 0 Å². The summed E-state index contributed by atoms with van der Waals surface area (Å²) in [5, 5.41) is 3.49. The number of nitrogens with zero attached hydrogens (tertiary/aromatic N) is 2. The predicted molar refractivity (Wildman–Crippen MR) is 79.5 cm³/mol. The molecule has 1 saturated carbocycles. The molecular weight excluding hydrogens is 234 g/mol. The maximum absolute atomic E-state index is 4.85. The molecule has 19 heavy (non-hydrogen) atoms. The molecule has 1 aromatic heterocycles. The van der Waals surface area contributed by atoms with Crippen LogP contribution in [0.1, 0.15) is 44.5 Å². The largest absolute Gasteiger partial charge is 0.323 e. The van der Waals surface area contributed by atoms with Crippen molar-refractivity contribution in [2.45, 2.75) is 51.1 Å². The van der Waals surface area contributed by atoms with Gasteiger partial charge in [0.2, 0.25) is 0 Å². The SMILES string of the molecule is CCCc1nc2ccccc2n1C1CCCC1NC. The molecule has 0 amide bonds. The summed E-state index contributed by atoms with van der Waals surface area (Å²) in [7, 11) is 2.08. The summed E-state index contributed by atoms with van der Waals surface area (Å²) in [4.78, 5) is 4.85. The standard InChI is InChI=1S/C16H23N3/c1-3-7-16-18-13-8-4-5-10-15(13)19(16)14-11-6-9-12(14)17-2/h4-5,8,10,12,14,17H,3,6-7,9,11H2,1-2H3. The van der Waals surface area contributed by atoms with E-state index in [1.54, 1.807) is 0 Å². The molecule has 2 aromatic rings. The lowest BCUT2D eigenvalue weighted by molar-refractivity contribution is 0.411. The van der Waals surface area contributed by atoms with Crippen molar-refractivity contribution in [2.24, 2.45) is 0 Å². The first-order chi connectivity index (χ1) is 9.35. The van der Waals surface area contributed by atoms with Crippen LogP contribution in [0.5, 0.6) is 0 Å². The number of nitrogens with one attached hydrogen (secondary N) is 1. The zero-order chi connectivity index (χ0) is 13.2. The molecule has 2 atom stereocenters. The van der Waals surface area contributed by atoms with E-state index in [-0.39, 0.29) is 0 Å². The number of hydrogen-bond acceptors (Lipinski definition) is 2. The summed E-state index contributed by atoms with van der Waals surface area (Å²) in [5.41, 5.74) is 2.45. The second-order valence-electron chi connectivity index (χ2n) is 5.53. The molecule has 3 heteroatoms. The molecule has 1 aliphatic rings. The van der Waals surface area contributed by atoms with E-state index in [9.17, 15) is 0 Å². The average molecular weight is 257 g/mol. The molecule has 1 aromatic carbocycles. The summed E-state index contributed by atoms with van der Waals surface area (Å²) < 4.78 is 2.51. The van der Waals surface area contributed by atoms with Crippen LogP contribution in [-0.4, -0.2) is 22.6 Å². The van der Waals surface area contributed by atoms with Crippen LogP contribution in [0.4, 0.5) is 0 Å². The summed E-state index contributed by atoms with van der Waals surface area (Å²) in [6.45, 7) is 2.23. The molecule has 1 fully saturated rings. The number of rotatable bonds is 4. The molecule has 0 saturated heterocycles. The Hall–Kier alpha value is -1.35. The van der Waals surface area contributed by atoms with E-state index in [0.717, 1.165) is 18.4 Å². The number of aromatic nitrogens is 2. The van der Waals surface area contributed by atoms with Gasteiger partial charge < -0.3 is 9.88 Å². The van der Waals surface area contributed by atoms with Crippen molar-refractivity contribution in [3.63, 3.8) is 0 Å². The van der Waals surface area contributed by atoms with Gasteiger partial charge in [0, 0.05) is 12.5 Å². The number of aryl methyl sites for hydroxylation is 1. The van der Waals surface area contributed by atoms with Gasteiger partial charge in [0.1, 0.15) is 5.82 Å². The zero-order valence-electron chi connectivity index (χ0n) is 11.9. The van der Waals surface area contributed by atoms with E-state index in [1.165, 1.54) is 30.6 Å². The minimum Gasteiger partial charge on any atom is -0.323 e. The van der Waals surface area contributed by atoms with E-state index in [2.05, 4.69) is 48.1 Å². The van der Waals surface area contributed by atoms with Crippen molar-refractivity contribution in [1.82, 2.24) is 14.9 Å². The molecule has 1 N–H and O–H groups in total. The van der Waals surface area contributed by atoms with Gasteiger partial charge in [-0.2, -0.15) is 0 Å². The maximum atomic E-state index is 4.85. The first-order valence-electron chi connectivity index (χ1n) is 7.48. The second-order valence-corrected chi connectivity index (χ2v) is 5.53. The Bertz CT molecular complexity index is 558. The highest BCUT2D eigenvalue weighted by molar-refractivity contribution is 5.76. The highest BCUT2D eigenvalue weighted by atomic mass is 15.1. The monoisotopic (exact) mass is 257 g/mol. The normalized spacial score (nSPS) is 23.3. The van der Waals surface area contributed by atoms with Gasteiger partial charge in [0.15, 0.2) is 0 Å². The summed E-state index contributed by atoms with van der Waals surface area (Å²) in [6.07, 6.45) is 6.08. The van der Waals surface area contributed by atoms with E-state index in [4.69, 9.17) is 4.98 Å². The van der Waals surface area contributed by atoms with Gasteiger partial charge in [-0.05, 0) is 44.9 Å². The van der Waals surface area contributed by atoms with Gasteiger partial charge in [-0.1, -0.05) is 19.1 Å². The minimum atomic E-state index is 0.568. The van der Waals surface area contributed by atoms with Crippen LogP contribution in [0.25, 0.3) is 11.0 Å². The third kappa shape index (κ3) is 2.16. The number of fused-ring (bicyclic) bond motifs is 1. The zero-order valence-corrected chi connectivity index (χ0v) is 11.9. The quantitative estimate of drug-likeness (QED) is 0.910. The van der Waals surface area contributed by atoms with E-state index >= 15 is 0 Å². The molecule has 3 rings (SSSR count). The number of para-hydroxylation sites is 2. The summed E-state index contributed by atoms with van der Waals surface area (Å²) in [6, 6.07) is 9.71. The van der Waals surface area contributed by atoms with Crippen molar-refractivity contribution in [3.05, 3.63) is 30.1 Å². The van der Waals surface area contributed by atoms with Crippen LogP contribution >= 0.6 is 0 Å². The fraction of sp³-hybridized carbons (Fsp3) is 0.562. The Kier molecular flexibility index (Phi) is 3.56. The average Bonchev–Trinajstić information content (AvgIpc) is 3.01. The molecular formula is C16H23N3. The van der Waals surface area contributed by atoms with Crippen molar-refractivity contribution >= 4 is 11.0 Å². The molecule has 2 unspecified atom stereocenters. The van der Waals surface area contributed by atoms with Crippen LogP contribution in [0.2, 0.25) is 0 Å². The van der Waals surface area contributed by atoms with Crippen molar-refractivity contribution in [2.75, 3.05) is 7.05 Å². The van der Waals surface area contributed by atoms with E-state index in [0.29, 0.717) is 12.1 Å². The molecule has 102 valence electrons. The maximum Gasteiger partial charge on any atom is 0.110 e. The fourth-order valence-electron chi connectivity index (χ4n) is 3.45. The molecule has 0 aliphatic heterocycles. The van der Waals surface area contributed by atoms with Crippen molar-refractivity contribution in [3.8, 4) is 0 Å². The van der Waals surface area contributed by atoms with Gasteiger partial charge in [-0.25, -0.2) is 4.98 Å². The summed E-state index contributed by atoms with van der Waals surface area (Å²) in [5.74, 6) is 1.26. The lowest BCUT2D eigenvalue weighted by Gasteiger charge is -2.23. The van der Waals surface area contributed by atoms with Crippen LogP contribution in [0.15, 0.2) is 24.3 Å². The molecule has 1 aliphatic carbocycles. The third-order valence-electron chi connectivity index (χ3n) is 4.32. The van der Waals surface area contributed by atoms with Crippen LogP contribution in [-0.2, 0) is 6.42 Å². The van der Waals surface area contributed by atoms with Gasteiger partial charge >= 0.3 is 0 Å². The minimum absolute atomic E-state index is 0.568. The number of benzene rings is 1. The lowest BCUT2D eigenvalue weighted by Crippen LogP contribution is -2.31. The van der Waals surface area contributed by atoms with Crippen molar-refractivity contribution in [1.29, 1.82) is 0 Å². The highest BCUT2D eigenvalue weighted by Gasteiger charge is 2.30. The number of likely N-dealkylation sites (N-methyl/N-ethyl adjacent to an activating group) is 1. The molecule has 0 bridgehead atoms. The summed E-state index contributed by atoms with van der Waals surface area (Å²) >= 11 is 0. The fourth-order valence-corrected chi connectivity index (χ4v) is 3.45. The Morgan fingerprint density at radius 1 is 1.32 bits per heavy atom. The van der Waals surface area contributed by atoms with E-state index < -0.39 is 0 Å². The van der Waals surface area contributed by atoms with Crippen LogP contribution < -0.4 is 5.32 Å². The Morgan fingerprint density at radius 2 is 2.16 bits per heavy atom. The predicted octanol–water partition coefficient (Wildman–Crippen LogP) is 3.30. The number of imidazole rings is 1. The van der Waals surface area contributed by atoms with Gasteiger partial charge in [-0.3, -0.25) is 0 Å². The Morgan fingerprint density at radius 3 is 2.95 bits per heavy atom. The van der Waals surface area contributed by atoms with Gasteiger partial charge in [-0.15, -0.1) is 0 Å². The first kappa shape index (κ1) is 12.7. The Balaban J connectivity index is 2.11. The van der Waals surface area contributed by atoms with Crippen molar-refractivity contribution < 1.29 is 0 Å². The Labute approximate surface area is 115 Å². The topological polar surface area (TPSA) is 29.9 Å².